The molecule has 0 aromatic heterocycles. The molecule has 2 aliphatic rings. The molecule has 1 aliphatic heterocycles. The fourth-order valence-electron chi connectivity index (χ4n) is 3.73. The average Bonchev–Trinajstić information content (AvgIpc) is 2.88. The molecule has 23 heavy (non-hydrogen) atoms. The van der Waals surface area contributed by atoms with E-state index in [2.05, 4.69) is 6.92 Å². The number of rotatable bonds is 1. The summed E-state index contributed by atoms with van der Waals surface area (Å²) >= 11 is 0. The van der Waals surface area contributed by atoms with Gasteiger partial charge < -0.3 is 4.90 Å². The predicted octanol–water partition coefficient (Wildman–Crippen LogP) is 3.91. The molecule has 3 heteroatoms. The molecule has 1 saturated heterocycles. The smallest absolute Gasteiger partial charge is 0.254 e. The number of benzene rings is 2. The first-order valence-corrected chi connectivity index (χ1v) is 8.26. The van der Waals surface area contributed by atoms with Crippen LogP contribution in [0.1, 0.15) is 52.5 Å². The minimum absolute atomic E-state index is 0.0249. The maximum atomic E-state index is 12.8. The van der Waals surface area contributed by atoms with Crippen LogP contribution in [0.2, 0.25) is 0 Å². The van der Waals surface area contributed by atoms with E-state index in [1.54, 1.807) is 6.07 Å². The van der Waals surface area contributed by atoms with E-state index in [1.165, 1.54) is 6.42 Å². The third-order valence-electron chi connectivity index (χ3n) is 5.04. The van der Waals surface area contributed by atoms with Gasteiger partial charge in [0.05, 0.1) is 0 Å². The van der Waals surface area contributed by atoms with E-state index >= 15 is 0 Å². The van der Waals surface area contributed by atoms with Crippen LogP contribution in [0.3, 0.4) is 0 Å². The molecule has 0 radical (unpaired) electrons. The van der Waals surface area contributed by atoms with Crippen molar-refractivity contribution in [3.63, 3.8) is 0 Å². The normalized spacial score (nSPS) is 19.4. The molecular weight excluding hydrogens is 286 g/mol. The van der Waals surface area contributed by atoms with Crippen molar-refractivity contribution in [2.24, 2.45) is 0 Å². The Morgan fingerprint density at radius 2 is 1.74 bits per heavy atom. The SMILES string of the molecule is C[C@@H]1CCCCN1C(=O)c1ccc2c(c1)C(=O)c1ccccc1-2. The summed E-state index contributed by atoms with van der Waals surface area (Å²) < 4.78 is 0. The van der Waals surface area contributed by atoms with Crippen molar-refractivity contribution in [2.75, 3.05) is 6.54 Å². The van der Waals surface area contributed by atoms with Crippen LogP contribution in [0.5, 0.6) is 0 Å². The topological polar surface area (TPSA) is 37.4 Å². The van der Waals surface area contributed by atoms with E-state index < -0.39 is 0 Å². The van der Waals surface area contributed by atoms with Crippen LogP contribution >= 0.6 is 0 Å². The van der Waals surface area contributed by atoms with E-state index in [-0.39, 0.29) is 17.7 Å². The Morgan fingerprint density at radius 1 is 1.00 bits per heavy atom. The second-order valence-electron chi connectivity index (χ2n) is 6.48. The highest BCUT2D eigenvalue weighted by molar-refractivity contribution is 6.22. The molecule has 1 amide bonds. The molecule has 2 aromatic rings. The van der Waals surface area contributed by atoms with E-state index in [0.717, 1.165) is 36.1 Å². The first kappa shape index (κ1) is 14.2. The molecule has 3 nitrogen and oxygen atoms in total. The third kappa shape index (κ3) is 2.19. The summed E-state index contributed by atoms with van der Waals surface area (Å²) in [6, 6.07) is 13.5. The number of hydrogen-bond donors (Lipinski definition) is 0. The van der Waals surface area contributed by atoms with Crippen LogP contribution in [-0.2, 0) is 0 Å². The third-order valence-corrected chi connectivity index (χ3v) is 5.04. The van der Waals surface area contributed by atoms with Crippen LogP contribution in [0.4, 0.5) is 0 Å². The highest BCUT2D eigenvalue weighted by Gasteiger charge is 2.29. The predicted molar refractivity (Wildman–Crippen MR) is 89.7 cm³/mol. The van der Waals surface area contributed by atoms with Crippen molar-refractivity contribution in [3.05, 3.63) is 59.2 Å². The fourth-order valence-corrected chi connectivity index (χ4v) is 3.73. The summed E-state index contributed by atoms with van der Waals surface area (Å²) in [5.41, 5.74) is 3.92. The summed E-state index contributed by atoms with van der Waals surface area (Å²) in [7, 11) is 0. The van der Waals surface area contributed by atoms with Crippen molar-refractivity contribution in [2.45, 2.75) is 32.2 Å². The highest BCUT2D eigenvalue weighted by Crippen LogP contribution is 2.37. The van der Waals surface area contributed by atoms with Crippen LogP contribution < -0.4 is 0 Å². The number of nitrogens with zero attached hydrogens (tertiary/aromatic N) is 1. The van der Waals surface area contributed by atoms with Crippen LogP contribution in [0.25, 0.3) is 11.1 Å². The molecule has 1 fully saturated rings. The summed E-state index contributed by atoms with van der Waals surface area (Å²) in [5, 5.41) is 0. The highest BCUT2D eigenvalue weighted by atomic mass is 16.2. The van der Waals surface area contributed by atoms with Crippen LogP contribution in [-0.4, -0.2) is 29.2 Å². The van der Waals surface area contributed by atoms with E-state index in [1.807, 2.05) is 41.3 Å². The van der Waals surface area contributed by atoms with Crippen molar-refractivity contribution in [1.29, 1.82) is 0 Å². The van der Waals surface area contributed by atoms with E-state index in [9.17, 15) is 9.59 Å². The molecule has 0 spiro atoms. The summed E-state index contributed by atoms with van der Waals surface area (Å²) in [5.74, 6) is 0.0701. The molecule has 0 saturated carbocycles. The molecular formula is C20H19NO2. The van der Waals surface area contributed by atoms with Crippen molar-refractivity contribution < 1.29 is 9.59 Å². The van der Waals surface area contributed by atoms with Gasteiger partial charge in [0.2, 0.25) is 0 Å². The lowest BCUT2D eigenvalue weighted by atomic mass is 9.99. The second kappa shape index (κ2) is 5.34. The molecule has 1 aliphatic carbocycles. The van der Waals surface area contributed by atoms with Gasteiger partial charge in [0, 0.05) is 29.3 Å². The Hall–Kier alpha value is -2.42. The van der Waals surface area contributed by atoms with E-state index in [4.69, 9.17) is 0 Å². The average molecular weight is 305 g/mol. The summed E-state index contributed by atoms with van der Waals surface area (Å²) in [6.45, 7) is 2.91. The van der Waals surface area contributed by atoms with Gasteiger partial charge in [-0.3, -0.25) is 9.59 Å². The lowest BCUT2D eigenvalue weighted by molar-refractivity contribution is 0.0635. The number of amides is 1. The first-order valence-electron chi connectivity index (χ1n) is 8.26. The molecule has 2 aromatic carbocycles. The largest absolute Gasteiger partial charge is 0.336 e. The van der Waals surface area contributed by atoms with Gasteiger partial charge >= 0.3 is 0 Å². The summed E-state index contributed by atoms with van der Waals surface area (Å²) in [4.78, 5) is 27.3. The minimum atomic E-state index is 0.0249. The number of carbonyl (C=O) groups is 2. The quantitative estimate of drug-likeness (QED) is 0.683. The molecule has 0 N–H and O–H groups in total. The van der Waals surface area contributed by atoms with Gasteiger partial charge in [0.1, 0.15) is 0 Å². The fraction of sp³-hybridized carbons (Fsp3) is 0.300. The van der Waals surface area contributed by atoms with Crippen molar-refractivity contribution >= 4 is 11.7 Å². The van der Waals surface area contributed by atoms with Crippen LogP contribution in [0, 0.1) is 0 Å². The van der Waals surface area contributed by atoms with Crippen molar-refractivity contribution in [3.8, 4) is 11.1 Å². The Bertz CT molecular complexity index is 809. The Labute approximate surface area is 135 Å². The Kier molecular flexibility index (Phi) is 3.29. The number of hydrogen-bond acceptors (Lipinski definition) is 2. The number of piperidine rings is 1. The van der Waals surface area contributed by atoms with Gasteiger partial charge in [-0.05, 0) is 49.4 Å². The monoisotopic (exact) mass is 305 g/mol. The number of fused-ring (bicyclic) bond motifs is 3. The van der Waals surface area contributed by atoms with Crippen molar-refractivity contribution in [1.82, 2.24) is 4.90 Å². The van der Waals surface area contributed by atoms with Gasteiger partial charge in [-0.15, -0.1) is 0 Å². The Morgan fingerprint density at radius 3 is 2.52 bits per heavy atom. The number of likely N-dealkylation sites (tertiary alicyclic amines) is 1. The molecule has 116 valence electrons. The number of ketones is 1. The molecule has 0 bridgehead atoms. The lowest BCUT2D eigenvalue weighted by Gasteiger charge is -2.33. The maximum Gasteiger partial charge on any atom is 0.254 e. The standard InChI is InChI=1S/C20H19NO2/c1-13-6-4-5-11-21(13)20(23)14-9-10-16-15-7-2-3-8-17(15)19(22)18(16)12-14/h2-3,7-10,12-13H,4-6,11H2,1H3/t13-/m1/s1. The first-order chi connectivity index (χ1) is 11.2. The van der Waals surface area contributed by atoms with Crippen LogP contribution in [0.15, 0.2) is 42.5 Å². The molecule has 1 atom stereocenters. The lowest BCUT2D eigenvalue weighted by Crippen LogP contribution is -2.42. The van der Waals surface area contributed by atoms with Gasteiger partial charge in [-0.1, -0.05) is 30.3 Å². The van der Waals surface area contributed by atoms with Gasteiger partial charge in [-0.25, -0.2) is 0 Å². The van der Waals surface area contributed by atoms with Gasteiger partial charge in [0.25, 0.3) is 5.91 Å². The minimum Gasteiger partial charge on any atom is -0.336 e. The zero-order valence-electron chi connectivity index (χ0n) is 13.2. The maximum absolute atomic E-state index is 12.8. The van der Waals surface area contributed by atoms with Gasteiger partial charge in [0.15, 0.2) is 5.78 Å². The molecule has 4 rings (SSSR count). The summed E-state index contributed by atoms with van der Waals surface area (Å²) in [6.07, 6.45) is 3.30. The molecule has 0 unspecified atom stereocenters. The zero-order valence-corrected chi connectivity index (χ0v) is 13.2. The second-order valence-corrected chi connectivity index (χ2v) is 6.48. The number of carbonyl (C=O) groups excluding carboxylic acids is 2. The van der Waals surface area contributed by atoms with Gasteiger partial charge in [-0.2, -0.15) is 0 Å². The van der Waals surface area contributed by atoms with E-state index in [0.29, 0.717) is 11.1 Å². The zero-order chi connectivity index (χ0) is 16.0. The molecule has 1 heterocycles. The Balaban J connectivity index is 1.71.